The number of ether oxygens (including phenoxy) is 3. The van der Waals surface area contributed by atoms with Gasteiger partial charge in [0.25, 0.3) is 0 Å². The van der Waals surface area contributed by atoms with Gasteiger partial charge in [-0.2, -0.15) is 0 Å². The van der Waals surface area contributed by atoms with Crippen LogP contribution in [-0.4, -0.2) is 43.5 Å². The number of hydrogen-bond donors (Lipinski definition) is 1. The third kappa shape index (κ3) is 4.47. The van der Waals surface area contributed by atoms with Crippen LogP contribution in [0.1, 0.15) is 17.3 Å². The zero-order valence-electron chi connectivity index (χ0n) is 15.1. The Kier molecular flexibility index (Phi) is 5.90. The lowest BCUT2D eigenvalue weighted by molar-refractivity contribution is -0.142. The molecule has 28 heavy (non-hydrogen) atoms. The van der Waals surface area contributed by atoms with E-state index >= 15 is 0 Å². The largest absolute Gasteiger partial charge is 0.491 e. The van der Waals surface area contributed by atoms with Gasteiger partial charge in [0.1, 0.15) is 30.1 Å². The normalized spacial score (nSPS) is 10.9. The number of carboxylic acid groups (broad SMARTS) is 1. The lowest BCUT2D eigenvalue weighted by atomic mass is 10.1. The number of esters is 1. The molecule has 0 aliphatic carbocycles. The fraction of sp³-hybridized carbons (Fsp3) is 0.250. The van der Waals surface area contributed by atoms with Crippen LogP contribution in [-0.2, 0) is 14.3 Å². The SMILES string of the molecule is CC(=O)OCCOCCOc1ccc2oc3cc(C(=O)O)ccc3c(=O)c2c1. The molecule has 0 unspecified atom stereocenters. The van der Waals surface area contributed by atoms with Gasteiger partial charge in [-0.25, -0.2) is 4.79 Å². The molecule has 0 saturated carbocycles. The second kappa shape index (κ2) is 8.53. The minimum Gasteiger partial charge on any atom is -0.491 e. The van der Waals surface area contributed by atoms with Gasteiger partial charge < -0.3 is 23.7 Å². The van der Waals surface area contributed by atoms with Gasteiger partial charge in [0.2, 0.25) is 5.43 Å². The summed E-state index contributed by atoms with van der Waals surface area (Å²) in [7, 11) is 0. The highest BCUT2D eigenvalue weighted by molar-refractivity contribution is 5.95. The van der Waals surface area contributed by atoms with E-state index in [9.17, 15) is 14.4 Å². The zero-order valence-corrected chi connectivity index (χ0v) is 15.1. The Morgan fingerprint density at radius 3 is 2.50 bits per heavy atom. The quantitative estimate of drug-likeness (QED) is 0.357. The van der Waals surface area contributed by atoms with Crippen LogP contribution >= 0.6 is 0 Å². The molecule has 8 heteroatoms. The smallest absolute Gasteiger partial charge is 0.335 e. The lowest BCUT2D eigenvalue weighted by Gasteiger charge is -2.08. The number of fused-ring (bicyclic) bond motifs is 2. The van der Waals surface area contributed by atoms with E-state index in [1.165, 1.54) is 25.1 Å². The van der Waals surface area contributed by atoms with Crippen molar-refractivity contribution in [1.82, 2.24) is 0 Å². The van der Waals surface area contributed by atoms with E-state index in [2.05, 4.69) is 0 Å². The van der Waals surface area contributed by atoms with Crippen LogP contribution in [0.15, 0.2) is 45.6 Å². The van der Waals surface area contributed by atoms with Gasteiger partial charge in [-0.15, -0.1) is 0 Å². The molecule has 0 aliphatic heterocycles. The maximum Gasteiger partial charge on any atom is 0.335 e. The third-order valence-electron chi connectivity index (χ3n) is 3.92. The maximum atomic E-state index is 12.7. The van der Waals surface area contributed by atoms with Gasteiger partial charge >= 0.3 is 11.9 Å². The van der Waals surface area contributed by atoms with Crippen molar-refractivity contribution in [3.05, 3.63) is 52.2 Å². The number of benzene rings is 2. The summed E-state index contributed by atoms with van der Waals surface area (Å²) in [5.41, 5.74) is 0.331. The second-order valence-electron chi connectivity index (χ2n) is 5.91. The monoisotopic (exact) mass is 386 g/mol. The van der Waals surface area contributed by atoms with Gasteiger partial charge in [-0.05, 0) is 36.4 Å². The molecule has 0 bridgehead atoms. The topological polar surface area (TPSA) is 112 Å². The van der Waals surface area contributed by atoms with Crippen molar-refractivity contribution >= 4 is 33.9 Å². The van der Waals surface area contributed by atoms with Crippen molar-refractivity contribution in [2.45, 2.75) is 6.92 Å². The van der Waals surface area contributed by atoms with Gasteiger partial charge in [-0.1, -0.05) is 0 Å². The summed E-state index contributed by atoms with van der Waals surface area (Å²) in [5, 5.41) is 9.70. The fourth-order valence-corrected chi connectivity index (χ4v) is 2.62. The molecular formula is C20H18O8. The third-order valence-corrected chi connectivity index (χ3v) is 3.92. The van der Waals surface area contributed by atoms with Gasteiger partial charge in [0.05, 0.1) is 29.5 Å². The molecule has 1 N–H and O–H groups in total. The summed E-state index contributed by atoms with van der Waals surface area (Å²) in [6, 6.07) is 8.95. The first-order valence-corrected chi connectivity index (χ1v) is 8.53. The summed E-state index contributed by atoms with van der Waals surface area (Å²) >= 11 is 0. The molecule has 0 fully saturated rings. The molecule has 146 valence electrons. The number of carbonyl (C=O) groups excluding carboxylic acids is 1. The van der Waals surface area contributed by atoms with Crippen molar-refractivity contribution in [3.8, 4) is 5.75 Å². The Labute approximate surface area is 159 Å². The maximum absolute atomic E-state index is 12.7. The van der Waals surface area contributed by atoms with Crippen LogP contribution in [0, 0.1) is 0 Å². The highest BCUT2D eigenvalue weighted by atomic mass is 16.6. The van der Waals surface area contributed by atoms with Gasteiger partial charge in [0.15, 0.2) is 0 Å². The predicted molar refractivity (Wildman–Crippen MR) is 99.9 cm³/mol. The number of carbonyl (C=O) groups is 2. The number of rotatable bonds is 8. The van der Waals surface area contributed by atoms with Crippen molar-refractivity contribution in [2.24, 2.45) is 0 Å². The molecule has 3 aromatic rings. The summed E-state index contributed by atoms with van der Waals surface area (Å²) in [6.07, 6.45) is 0. The van der Waals surface area contributed by atoms with Gasteiger partial charge in [0, 0.05) is 6.92 Å². The van der Waals surface area contributed by atoms with Crippen LogP contribution in [0.4, 0.5) is 0 Å². The molecule has 0 saturated heterocycles. The van der Waals surface area contributed by atoms with E-state index in [-0.39, 0.29) is 42.4 Å². The van der Waals surface area contributed by atoms with E-state index in [0.717, 1.165) is 0 Å². The molecule has 0 radical (unpaired) electrons. The van der Waals surface area contributed by atoms with E-state index < -0.39 is 5.97 Å². The molecule has 1 heterocycles. The van der Waals surface area contributed by atoms with Crippen LogP contribution in [0.3, 0.4) is 0 Å². The van der Waals surface area contributed by atoms with Crippen LogP contribution in [0.5, 0.6) is 5.75 Å². The first-order valence-electron chi connectivity index (χ1n) is 8.53. The average molecular weight is 386 g/mol. The van der Waals surface area contributed by atoms with Crippen molar-refractivity contribution < 1.29 is 33.3 Å². The minimum atomic E-state index is -1.09. The standard InChI is InChI=1S/C20H18O8/c1-12(21)26-8-6-25-7-9-27-14-3-5-17-16(11-14)19(22)15-4-2-13(20(23)24)10-18(15)28-17/h2-5,10-11H,6-9H2,1H3,(H,23,24). The summed E-state index contributed by atoms with van der Waals surface area (Å²) < 4.78 is 21.3. The molecule has 1 aromatic heterocycles. The van der Waals surface area contributed by atoms with Crippen LogP contribution < -0.4 is 10.2 Å². The second-order valence-corrected chi connectivity index (χ2v) is 5.91. The van der Waals surface area contributed by atoms with E-state index in [4.69, 9.17) is 23.7 Å². The Balaban J connectivity index is 1.71. The molecule has 0 atom stereocenters. The molecule has 2 aromatic carbocycles. The average Bonchev–Trinajstić information content (AvgIpc) is 2.67. The number of carboxylic acids is 1. The highest BCUT2D eigenvalue weighted by Crippen LogP contribution is 2.23. The van der Waals surface area contributed by atoms with Gasteiger partial charge in [-0.3, -0.25) is 9.59 Å². The Morgan fingerprint density at radius 2 is 1.75 bits per heavy atom. The molecule has 0 spiro atoms. The number of aromatic carboxylic acids is 1. The van der Waals surface area contributed by atoms with E-state index in [0.29, 0.717) is 28.7 Å². The van der Waals surface area contributed by atoms with E-state index in [1.807, 2.05) is 0 Å². The molecular weight excluding hydrogens is 368 g/mol. The summed E-state index contributed by atoms with van der Waals surface area (Å²) in [5.74, 6) is -0.977. The summed E-state index contributed by atoms with van der Waals surface area (Å²) in [6.45, 7) is 2.33. The molecule has 0 aliphatic rings. The van der Waals surface area contributed by atoms with Crippen molar-refractivity contribution in [2.75, 3.05) is 26.4 Å². The zero-order chi connectivity index (χ0) is 20.1. The molecule has 8 nitrogen and oxygen atoms in total. The van der Waals surface area contributed by atoms with Crippen molar-refractivity contribution in [3.63, 3.8) is 0 Å². The van der Waals surface area contributed by atoms with Crippen LogP contribution in [0.2, 0.25) is 0 Å². The van der Waals surface area contributed by atoms with E-state index in [1.54, 1.807) is 18.2 Å². The first kappa shape index (κ1) is 19.4. The Bertz CT molecular complexity index is 1080. The van der Waals surface area contributed by atoms with Crippen LogP contribution in [0.25, 0.3) is 21.9 Å². The highest BCUT2D eigenvalue weighted by Gasteiger charge is 2.11. The predicted octanol–water partition coefficient (Wildman–Crippen LogP) is 2.60. The summed E-state index contributed by atoms with van der Waals surface area (Å²) in [4.78, 5) is 34.4. The molecule has 0 amide bonds. The Morgan fingerprint density at radius 1 is 0.964 bits per heavy atom. The fourth-order valence-electron chi connectivity index (χ4n) is 2.62. The number of hydrogen-bond acceptors (Lipinski definition) is 7. The Hall–Kier alpha value is -3.39. The first-order chi connectivity index (χ1) is 13.5. The van der Waals surface area contributed by atoms with Crippen molar-refractivity contribution in [1.29, 1.82) is 0 Å². The lowest BCUT2D eigenvalue weighted by Crippen LogP contribution is -2.12. The minimum absolute atomic E-state index is 0.0451. The molecule has 3 rings (SSSR count).